The molecule has 0 saturated carbocycles. The number of rotatable bonds is 22. The zero-order chi connectivity index (χ0) is 44.0. The molecule has 5 amide bonds. The summed E-state index contributed by atoms with van der Waals surface area (Å²) in [6.07, 6.45) is 0.992. The van der Waals surface area contributed by atoms with Crippen LogP contribution in [0.4, 0.5) is 11.4 Å². The summed E-state index contributed by atoms with van der Waals surface area (Å²) in [6, 6.07) is 13.2. The zero-order valence-corrected chi connectivity index (χ0v) is 37.1. The van der Waals surface area contributed by atoms with E-state index in [1.807, 2.05) is 71.9 Å². The van der Waals surface area contributed by atoms with Gasteiger partial charge in [0.05, 0.1) is 42.7 Å². The van der Waals surface area contributed by atoms with E-state index in [0.29, 0.717) is 24.3 Å². The Morgan fingerprint density at radius 1 is 0.847 bits per heavy atom. The maximum Gasteiger partial charge on any atom is 0.247 e. The van der Waals surface area contributed by atoms with Crippen LogP contribution in [0.25, 0.3) is 0 Å². The van der Waals surface area contributed by atoms with Crippen molar-refractivity contribution in [3.63, 3.8) is 0 Å². The van der Waals surface area contributed by atoms with Crippen molar-refractivity contribution in [2.75, 3.05) is 45.9 Å². The van der Waals surface area contributed by atoms with Gasteiger partial charge < -0.3 is 46.3 Å². The van der Waals surface area contributed by atoms with Gasteiger partial charge >= 0.3 is 0 Å². The molecule has 59 heavy (non-hydrogen) atoms. The van der Waals surface area contributed by atoms with Gasteiger partial charge in [-0.3, -0.25) is 24.0 Å². The molecular weight excluding hydrogens is 751 g/mol. The number of nitrogen functional groups attached to an aromatic ring is 1. The first-order valence-corrected chi connectivity index (χ1v) is 21.1. The van der Waals surface area contributed by atoms with E-state index in [4.69, 9.17) is 15.2 Å². The molecule has 1 saturated heterocycles. The summed E-state index contributed by atoms with van der Waals surface area (Å²) in [5.41, 5.74) is 7.83. The van der Waals surface area contributed by atoms with Crippen LogP contribution in [-0.4, -0.2) is 117 Å². The number of benzene rings is 2. The Bertz CT molecular complexity index is 1660. The monoisotopic (exact) mass is 822 g/mol. The van der Waals surface area contributed by atoms with Crippen LogP contribution in [-0.2, 0) is 39.9 Å². The molecule has 0 aliphatic carbocycles. The molecule has 1 heterocycles. The predicted molar refractivity (Wildman–Crippen MR) is 232 cm³/mol. The van der Waals surface area contributed by atoms with Crippen molar-refractivity contribution in [1.29, 1.82) is 0 Å². The van der Waals surface area contributed by atoms with E-state index in [2.05, 4.69) is 21.3 Å². The van der Waals surface area contributed by atoms with E-state index < -0.39 is 48.3 Å². The van der Waals surface area contributed by atoms with E-state index in [1.54, 1.807) is 62.2 Å². The minimum Gasteiger partial charge on any atom is -0.399 e. The molecule has 6 N–H and O–H groups in total. The second kappa shape index (κ2) is 23.3. The number of nitrogens with one attached hydrogen (secondary N) is 4. The molecule has 1 aliphatic rings. The van der Waals surface area contributed by atoms with E-state index in [0.717, 1.165) is 18.4 Å². The number of carbonyl (C=O) groups is 5. The standard InChI is InChI=1S/C45H71N7O7/c1-12-29(6)40(51(9)45(57)39(28(4)5)50-44(56)38(47-8)27(2)3)36(58-10)26-37(53)52-24-16-19-35(52)41(59-11)30(7)42(54)49-34(25-31-17-14-13-15-18-31)43(55)48-33-22-20-32(46)21-23-33/h13-15,17-18,20-23,27-30,34-36,38-41,47H,12,16,19,24-26,46H2,1-11H3,(H,48,55)(H,49,54)(H,50,56)/t29-,30+,34-,35-,36+,38-,39-,40-,41+/m0/s1. The van der Waals surface area contributed by atoms with Crippen molar-refractivity contribution < 1.29 is 33.4 Å². The molecule has 328 valence electrons. The first-order valence-electron chi connectivity index (χ1n) is 21.1. The summed E-state index contributed by atoms with van der Waals surface area (Å²) >= 11 is 0. The largest absolute Gasteiger partial charge is 0.399 e. The second-order valence-corrected chi connectivity index (χ2v) is 16.7. The van der Waals surface area contributed by atoms with Crippen LogP contribution >= 0.6 is 0 Å². The minimum atomic E-state index is -0.896. The first kappa shape index (κ1) is 48.8. The van der Waals surface area contributed by atoms with Crippen LogP contribution in [0.5, 0.6) is 0 Å². The van der Waals surface area contributed by atoms with Gasteiger partial charge in [0, 0.05) is 45.6 Å². The number of carbonyl (C=O) groups excluding carboxylic acids is 5. The van der Waals surface area contributed by atoms with Gasteiger partial charge in [0.1, 0.15) is 12.1 Å². The topological polar surface area (TPSA) is 184 Å². The Balaban J connectivity index is 1.80. The Labute approximate surface area is 352 Å². The van der Waals surface area contributed by atoms with E-state index in [-0.39, 0.29) is 60.1 Å². The predicted octanol–water partition coefficient (Wildman–Crippen LogP) is 4.24. The highest BCUT2D eigenvalue weighted by Crippen LogP contribution is 2.30. The fraction of sp³-hybridized carbons (Fsp3) is 0.622. The number of ether oxygens (including phenoxy) is 2. The number of likely N-dealkylation sites (tertiary alicyclic amines) is 1. The number of amides is 5. The van der Waals surface area contributed by atoms with E-state index in [1.165, 1.54) is 7.11 Å². The number of hydrogen-bond donors (Lipinski definition) is 5. The van der Waals surface area contributed by atoms with Crippen LogP contribution in [0, 0.1) is 23.7 Å². The van der Waals surface area contributed by atoms with Crippen molar-refractivity contribution in [3.05, 3.63) is 60.2 Å². The lowest BCUT2D eigenvalue weighted by Gasteiger charge is -2.41. The highest BCUT2D eigenvalue weighted by molar-refractivity contribution is 5.98. The van der Waals surface area contributed by atoms with E-state index in [9.17, 15) is 24.0 Å². The van der Waals surface area contributed by atoms with Crippen LogP contribution in [0.3, 0.4) is 0 Å². The molecule has 1 aliphatic heterocycles. The Kier molecular flexibility index (Phi) is 19.3. The lowest BCUT2D eigenvalue weighted by Crippen LogP contribution is -2.59. The highest BCUT2D eigenvalue weighted by atomic mass is 16.5. The normalized spacial score (nSPS) is 18.3. The molecule has 0 unspecified atom stereocenters. The molecule has 2 aromatic carbocycles. The number of hydrogen-bond acceptors (Lipinski definition) is 9. The minimum absolute atomic E-state index is 0.00498. The number of methoxy groups -OCH3 is 2. The fourth-order valence-corrected chi connectivity index (χ4v) is 8.21. The third-order valence-electron chi connectivity index (χ3n) is 11.8. The summed E-state index contributed by atoms with van der Waals surface area (Å²) < 4.78 is 12.0. The Hall–Kier alpha value is -4.53. The Morgan fingerprint density at radius 3 is 2.02 bits per heavy atom. The van der Waals surface area contributed by atoms with Crippen molar-refractivity contribution in [3.8, 4) is 0 Å². The van der Waals surface area contributed by atoms with Crippen molar-refractivity contribution >= 4 is 40.9 Å². The zero-order valence-electron chi connectivity index (χ0n) is 37.1. The van der Waals surface area contributed by atoms with Crippen molar-refractivity contribution in [2.24, 2.45) is 23.7 Å². The molecule has 2 aromatic rings. The number of anilines is 2. The number of nitrogens with zero attached hydrogens (tertiary/aromatic N) is 2. The molecular formula is C45H71N7O7. The van der Waals surface area contributed by atoms with Gasteiger partial charge in [0.2, 0.25) is 29.5 Å². The lowest BCUT2D eigenvalue weighted by molar-refractivity contribution is -0.148. The van der Waals surface area contributed by atoms with E-state index >= 15 is 0 Å². The highest BCUT2D eigenvalue weighted by Gasteiger charge is 2.43. The summed E-state index contributed by atoms with van der Waals surface area (Å²) in [5.74, 6) is -2.37. The second-order valence-electron chi connectivity index (χ2n) is 16.7. The fourth-order valence-electron chi connectivity index (χ4n) is 8.21. The van der Waals surface area contributed by atoms with Gasteiger partial charge in [-0.25, -0.2) is 0 Å². The summed E-state index contributed by atoms with van der Waals surface area (Å²) in [6.45, 7) is 14.0. The van der Waals surface area contributed by atoms with Gasteiger partial charge in [-0.2, -0.15) is 0 Å². The first-order chi connectivity index (χ1) is 28.0. The molecule has 14 heteroatoms. The van der Waals surface area contributed by atoms with Crippen LogP contribution in [0.1, 0.15) is 79.7 Å². The van der Waals surface area contributed by atoms with Gasteiger partial charge in [0.25, 0.3) is 0 Å². The number of nitrogens with two attached hydrogens (primary N) is 1. The molecule has 0 radical (unpaired) electrons. The smallest absolute Gasteiger partial charge is 0.247 e. The maximum absolute atomic E-state index is 14.3. The molecule has 0 spiro atoms. The third-order valence-corrected chi connectivity index (χ3v) is 11.8. The van der Waals surface area contributed by atoms with Crippen LogP contribution in [0.2, 0.25) is 0 Å². The lowest BCUT2D eigenvalue weighted by atomic mass is 9.89. The molecule has 9 atom stereocenters. The van der Waals surface area contributed by atoms with Crippen molar-refractivity contribution in [1.82, 2.24) is 25.8 Å². The number of likely N-dealkylation sites (N-methyl/N-ethyl adjacent to an activating group) is 2. The quantitative estimate of drug-likeness (QED) is 0.109. The SMILES string of the molecule is CC[C@H](C)[C@@H]([C@@H](CC(=O)N1CCC[C@H]1[C@H](OC)[C@@H](C)C(=O)N[C@@H](Cc1ccccc1)C(=O)Nc1ccc(N)cc1)OC)N(C)C(=O)[C@@H](NC(=O)[C@@H](NC)C(C)C)C(C)C. The molecule has 3 rings (SSSR count). The molecule has 1 fully saturated rings. The van der Waals surface area contributed by atoms with Gasteiger partial charge in [-0.1, -0.05) is 85.2 Å². The van der Waals surface area contributed by atoms with Crippen LogP contribution < -0.4 is 27.0 Å². The average Bonchev–Trinajstić information content (AvgIpc) is 3.70. The third kappa shape index (κ3) is 13.2. The average molecular weight is 822 g/mol. The van der Waals surface area contributed by atoms with Gasteiger partial charge in [0.15, 0.2) is 0 Å². The van der Waals surface area contributed by atoms with Gasteiger partial charge in [-0.05, 0) is 67.5 Å². The summed E-state index contributed by atoms with van der Waals surface area (Å²) in [4.78, 5) is 72.9. The molecule has 0 bridgehead atoms. The molecule has 14 nitrogen and oxygen atoms in total. The summed E-state index contributed by atoms with van der Waals surface area (Å²) in [7, 11) is 6.53. The van der Waals surface area contributed by atoms with Gasteiger partial charge in [-0.15, -0.1) is 0 Å². The Morgan fingerprint density at radius 2 is 1.47 bits per heavy atom. The van der Waals surface area contributed by atoms with Crippen molar-refractivity contribution in [2.45, 2.75) is 123 Å². The maximum atomic E-state index is 14.3. The molecule has 0 aromatic heterocycles. The van der Waals surface area contributed by atoms with Crippen LogP contribution in [0.15, 0.2) is 54.6 Å². The summed E-state index contributed by atoms with van der Waals surface area (Å²) in [5, 5.41) is 11.9.